The van der Waals surface area contributed by atoms with Gasteiger partial charge >= 0.3 is 11.8 Å². The zero-order valence-electron chi connectivity index (χ0n) is 13.5. The van der Waals surface area contributed by atoms with Crippen LogP contribution < -0.4 is 15.4 Å². The molecule has 0 aliphatic heterocycles. The molecular weight excluding hydrogens is 292 g/mol. The Bertz CT molecular complexity index is 726. The summed E-state index contributed by atoms with van der Waals surface area (Å²) in [4.78, 5) is 24.2. The Kier molecular flexibility index (Phi) is 5.36. The van der Waals surface area contributed by atoms with Gasteiger partial charge in [-0.3, -0.25) is 9.59 Å². The molecule has 5 heteroatoms. The van der Waals surface area contributed by atoms with Crippen LogP contribution in [0.3, 0.4) is 0 Å². The van der Waals surface area contributed by atoms with Crippen molar-refractivity contribution in [2.24, 2.45) is 0 Å². The number of benzene rings is 2. The van der Waals surface area contributed by atoms with Crippen LogP contribution in [0.25, 0.3) is 0 Å². The van der Waals surface area contributed by atoms with Crippen LogP contribution in [0.4, 0.5) is 11.4 Å². The topological polar surface area (TPSA) is 67.4 Å². The van der Waals surface area contributed by atoms with Gasteiger partial charge in [0.05, 0.1) is 12.8 Å². The standard InChI is InChI=1S/C18H20N2O3/c1-4-13-7-5-6-8-14(13)19-17(21)18(22)20-15-11-12(2)9-10-16(15)23-3/h5-11H,4H2,1-3H3,(H,19,21)(H,20,22). The normalized spacial score (nSPS) is 10.0. The van der Waals surface area contributed by atoms with Crippen molar-refractivity contribution >= 4 is 23.2 Å². The van der Waals surface area contributed by atoms with Gasteiger partial charge in [0.2, 0.25) is 0 Å². The zero-order chi connectivity index (χ0) is 16.8. The van der Waals surface area contributed by atoms with E-state index >= 15 is 0 Å². The number of methoxy groups -OCH3 is 1. The molecule has 2 aromatic carbocycles. The minimum absolute atomic E-state index is 0.469. The second kappa shape index (κ2) is 7.45. The van der Waals surface area contributed by atoms with Gasteiger partial charge in [0.25, 0.3) is 0 Å². The highest BCUT2D eigenvalue weighted by Gasteiger charge is 2.17. The smallest absolute Gasteiger partial charge is 0.314 e. The third kappa shape index (κ3) is 4.10. The first-order valence-corrected chi connectivity index (χ1v) is 7.40. The van der Waals surface area contributed by atoms with Crippen molar-refractivity contribution in [1.29, 1.82) is 0 Å². The van der Waals surface area contributed by atoms with Crippen molar-refractivity contribution in [1.82, 2.24) is 0 Å². The van der Waals surface area contributed by atoms with Gasteiger partial charge in [0, 0.05) is 5.69 Å². The molecular formula is C18H20N2O3. The molecule has 5 nitrogen and oxygen atoms in total. The molecule has 0 fully saturated rings. The minimum Gasteiger partial charge on any atom is -0.495 e. The molecule has 120 valence electrons. The fourth-order valence-electron chi connectivity index (χ4n) is 2.23. The molecule has 2 amide bonds. The molecule has 0 atom stereocenters. The van der Waals surface area contributed by atoms with E-state index in [-0.39, 0.29) is 0 Å². The van der Waals surface area contributed by atoms with E-state index in [0.29, 0.717) is 17.1 Å². The van der Waals surface area contributed by atoms with Crippen LogP contribution in [0, 0.1) is 6.92 Å². The lowest BCUT2D eigenvalue weighted by atomic mass is 10.1. The summed E-state index contributed by atoms with van der Waals surface area (Å²) in [5, 5.41) is 5.23. The molecule has 0 saturated carbocycles. The molecule has 0 saturated heterocycles. The zero-order valence-corrected chi connectivity index (χ0v) is 13.5. The van der Waals surface area contributed by atoms with Gasteiger partial charge in [0.15, 0.2) is 0 Å². The molecule has 0 aliphatic carbocycles. The number of anilines is 2. The Morgan fingerprint density at radius 3 is 2.30 bits per heavy atom. The number of hydrogen-bond donors (Lipinski definition) is 2. The number of rotatable bonds is 4. The van der Waals surface area contributed by atoms with Crippen LogP contribution in [0.1, 0.15) is 18.1 Å². The summed E-state index contributed by atoms with van der Waals surface area (Å²) in [6.45, 7) is 3.88. The van der Waals surface area contributed by atoms with Crippen molar-refractivity contribution in [2.75, 3.05) is 17.7 Å². The molecule has 0 unspecified atom stereocenters. The molecule has 23 heavy (non-hydrogen) atoms. The minimum atomic E-state index is -0.736. The van der Waals surface area contributed by atoms with Crippen LogP contribution >= 0.6 is 0 Å². The Labute approximate surface area is 135 Å². The van der Waals surface area contributed by atoms with Gasteiger partial charge in [-0.05, 0) is 42.7 Å². The van der Waals surface area contributed by atoms with Crippen molar-refractivity contribution < 1.29 is 14.3 Å². The molecule has 0 aliphatic rings. The Morgan fingerprint density at radius 1 is 1.00 bits per heavy atom. The lowest BCUT2D eigenvalue weighted by Crippen LogP contribution is -2.29. The number of para-hydroxylation sites is 1. The molecule has 2 N–H and O–H groups in total. The fourth-order valence-corrected chi connectivity index (χ4v) is 2.23. The summed E-state index contributed by atoms with van der Waals surface area (Å²) in [6, 6.07) is 12.8. The van der Waals surface area contributed by atoms with E-state index < -0.39 is 11.8 Å². The molecule has 2 aromatic rings. The first-order chi connectivity index (χ1) is 11.0. The monoisotopic (exact) mass is 312 g/mol. The van der Waals surface area contributed by atoms with E-state index in [9.17, 15) is 9.59 Å². The summed E-state index contributed by atoms with van der Waals surface area (Å²) in [7, 11) is 1.51. The number of amides is 2. The van der Waals surface area contributed by atoms with Crippen LogP contribution in [0.2, 0.25) is 0 Å². The maximum absolute atomic E-state index is 12.1. The first-order valence-electron chi connectivity index (χ1n) is 7.40. The summed E-state index contributed by atoms with van der Waals surface area (Å²) in [5.74, 6) is -0.944. The van der Waals surface area contributed by atoms with Crippen molar-refractivity contribution in [3.8, 4) is 5.75 Å². The van der Waals surface area contributed by atoms with Crippen LogP contribution in [0.15, 0.2) is 42.5 Å². The number of carbonyl (C=O) groups is 2. The van der Waals surface area contributed by atoms with Gasteiger partial charge in [-0.1, -0.05) is 31.2 Å². The van der Waals surface area contributed by atoms with Gasteiger partial charge in [-0.15, -0.1) is 0 Å². The Balaban J connectivity index is 2.12. The first kappa shape index (κ1) is 16.5. The van der Waals surface area contributed by atoms with E-state index in [1.807, 2.05) is 38.1 Å². The van der Waals surface area contributed by atoms with E-state index in [1.54, 1.807) is 18.2 Å². The maximum Gasteiger partial charge on any atom is 0.314 e. The number of aryl methyl sites for hydroxylation is 2. The predicted molar refractivity (Wildman–Crippen MR) is 90.8 cm³/mol. The highest BCUT2D eigenvalue weighted by Crippen LogP contribution is 2.25. The van der Waals surface area contributed by atoms with E-state index in [2.05, 4.69) is 10.6 Å². The molecule has 0 radical (unpaired) electrons. The highest BCUT2D eigenvalue weighted by molar-refractivity contribution is 6.43. The van der Waals surface area contributed by atoms with Crippen LogP contribution in [0.5, 0.6) is 5.75 Å². The second-order valence-corrected chi connectivity index (χ2v) is 5.12. The van der Waals surface area contributed by atoms with Crippen molar-refractivity contribution in [3.05, 3.63) is 53.6 Å². The third-order valence-corrected chi connectivity index (χ3v) is 3.46. The SMILES string of the molecule is CCc1ccccc1NC(=O)C(=O)Nc1cc(C)ccc1OC. The summed E-state index contributed by atoms with van der Waals surface area (Å²) >= 11 is 0. The third-order valence-electron chi connectivity index (χ3n) is 3.46. The summed E-state index contributed by atoms with van der Waals surface area (Å²) < 4.78 is 5.19. The van der Waals surface area contributed by atoms with Gasteiger partial charge in [0.1, 0.15) is 5.75 Å². The summed E-state index contributed by atoms with van der Waals surface area (Å²) in [5.41, 5.74) is 3.04. The second-order valence-electron chi connectivity index (χ2n) is 5.12. The average Bonchev–Trinajstić information content (AvgIpc) is 2.55. The van der Waals surface area contributed by atoms with E-state index in [4.69, 9.17) is 4.74 Å². The van der Waals surface area contributed by atoms with Crippen LogP contribution in [-0.4, -0.2) is 18.9 Å². The van der Waals surface area contributed by atoms with E-state index in [0.717, 1.165) is 17.5 Å². The Morgan fingerprint density at radius 2 is 1.65 bits per heavy atom. The number of carbonyl (C=O) groups excluding carboxylic acids is 2. The van der Waals surface area contributed by atoms with Crippen LogP contribution in [-0.2, 0) is 16.0 Å². The van der Waals surface area contributed by atoms with Gasteiger partial charge in [-0.2, -0.15) is 0 Å². The lowest BCUT2D eigenvalue weighted by molar-refractivity contribution is -0.133. The highest BCUT2D eigenvalue weighted by atomic mass is 16.5. The molecule has 2 rings (SSSR count). The Hall–Kier alpha value is -2.82. The predicted octanol–water partition coefficient (Wildman–Crippen LogP) is 3.14. The van der Waals surface area contributed by atoms with Crippen molar-refractivity contribution in [3.63, 3.8) is 0 Å². The van der Waals surface area contributed by atoms with E-state index in [1.165, 1.54) is 7.11 Å². The molecule has 0 bridgehead atoms. The molecule has 0 spiro atoms. The number of ether oxygens (including phenoxy) is 1. The number of nitrogens with one attached hydrogen (secondary N) is 2. The molecule has 0 heterocycles. The quantitative estimate of drug-likeness (QED) is 0.852. The fraction of sp³-hybridized carbons (Fsp3) is 0.222. The lowest BCUT2D eigenvalue weighted by Gasteiger charge is -2.12. The maximum atomic E-state index is 12.1. The van der Waals surface area contributed by atoms with Crippen molar-refractivity contribution in [2.45, 2.75) is 20.3 Å². The average molecular weight is 312 g/mol. The largest absolute Gasteiger partial charge is 0.495 e. The molecule has 0 aromatic heterocycles. The summed E-state index contributed by atoms with van der Waals surface area (Å²) in [6.07, 6.45) is 0.768. The van der Waals surface area contributed by atoms with Gasteiger partial charge < -0.3 is 15.4 Å². The van der Waals surface area contributed by atoms with Gasteiger partial charge in [-0.25, -0.2) is 0 Å². The number of hydrogen-bond acceptors (Lipinski definition) is 3.